The molecule has 0 aliphatic carbocycles. The van der Waals surface area contributed by atoms with Gasteiger partial charge in [-0.2, -0.15) is 0 Å². The summed E-state index contributed by atoms with van der Waals surface area (Å²) in [6.07, 6.45) is 0. The summed E-state index contributed by atoms with van der Waals surface area (Å²) >= 11 is 1.31. The van der Waals surface area contributed by atoms with Crippen LogP contribution < -0.4 is 19.1 Å². The molecule has 1 N–H and O–H groups in total. The number of carboxylic acids is 1. The van der Waals surface area contributed by atoms with Crippen molar-refractivity contribution in [1.29, 1.82) is 0 Å². The maximum atomic E-state index is 13.2. The number of aliphatic carboxylic acids is 1. The van der Waals surface area contributed by atoms with Crippen LogP contribution in [-0.4, -0.2) is 47.2 Å². The molecule has 184 valence electrons. The molecule has 1 saturated heterocycles. The highest BCUT2D eigenvalue weighted by atomic mass is 32.2. The van der Waals surface area contributed by atoms with Crippen LogP contribution in [0.5, 0.6) is 17.2 Å². The summed E-state index contributed by atoms with van der Waals surface area (Å²) in [6.45, 7) is 1.68. The lowest BCUT2D eigenvalue weighted by molar-refractivity contribution is -0.139. The number of anilines is 1. The van der Waals surface area contributed by atoms with Gasteiger partial charge >= 0.3 is 5.97 Å². The van der Waals surface area contributed by atoms with Gasteiger partial charge in [0.1, 0.15) is 11.0 Å². The SMILES string of the molecule is Cc1ccc(N2C(=O)C(SCC(=O)c3ccc4c(c3)OCO4)C2c2ccc(OCC(=O)O)cc2)cc1. The van der Waals surface area contributed by atoms with Gasteiger partial charge in [-0.1, -0.05) is 29.8 Å². The number of carbonyl (C=O) groups excluding carboxylic acids is 2. The minimum atomic E-state index is -1.06. The van der Waals surface area contributed by atoms with Crippen molar-refractivity contribution in [2.75, 3.05) is 24.1 Å². The highest BCUT2D eigenvalue weighted by molar-refractivity contribution is 8.01. The van der Waals surface area contributed by atoms with Gasteiger partial charge < -0.3 is 24.2 Å². The molecule has 1 amide bonds. The Morgan fingerprint density at radius 1 is 1.03 bits per heavy atom. The van der Waals surface area contributed by atoms with E-state index in [2.05, 4.69) is 0 Å². The van der Waals surface area contributed by atoms with Crippen LogP contribution in [0.25, 0.3) is 0 Å². The molecule has 3 aromatic rings. The monoisotopic (exact) mass is 505 g/mol. The fourth-order valence-corrected chi connectivity index (χ4v) is 5.38. The largest absolute Gasteiger partial charge is 0.482 e. The molecule has 2 unspecified atom stereocenters. The van der Waals surface area contributed by atoms with Crippen LogP contribution in [-0.2, 0) is 9.59 Å². The Labute approximate surface area is 211 Å². The predicted octanol–water partition coefficient (Wildman–Crippen LogP) is 4.26. The second-order valence-electron chi connectivity index (χ2n) is 8.46. The number of carboxylic acid groups (broad SMARTS) is 1. The summed E-state index contributed by atoms with van der Waals surface area (Å²) in [5, 5.41) is 8.38. The molecule has 0 aromatic heterocycles. The number of nitrogens with zero attached hydrogens (tertiary/aromatic N) is 1. The number of amides is 1. The first-order valence-electron chi connectivity index (χ1n) is 11.3. The van der Waals surface area contributed by atoms with Gasteiger partial charge in [0.15, 0.2) is 23.9 Å². The van der Waals surface area contributed by atoms with Gasteiger partial charge in [-0.15, -0.1) is 11.8 Å². The Morgan fingerprint density at radius 2 is 1.75 bits per heavy atom. The van der Waals surface area contributed by atoms with Crippen LogP contribution >= 0.6 is 11.8 Å². The standard InChI is InChI=1S/C27H23NO7S/c1-16-2-7-19(8-3-16)28-25(17-4-9-20(10-5-17)33-13-24(30)31)26(27(28)32)36-14-21(29)18-6-11-22-23(12-18)35-15-34-22/h2-12,25-26H,13-15H2,1H3,(H,30,31). The summed E-state index contributed by atoms with van der Waals surface area (Å²) in [5.74, 6) is 0.481. The van der Waals surface area contributed by atoms with Crippen molar-refractivity contribution >= 4 is 35.1 Å². The maximum Gasteiger partial charge on any atom is 0.341 e. The molecular formula is C27H23NO7S. The molecular weight excluding hydrogens is 482 g/mol. The zero-order valence-corrected chi connectivity index (χ0v) is 20.2. The first-order chi connectivity index (χ1) is 17.4. The molecule has 0 spiro atoms. The highest BCUT2D eigenvalue weighted by Gasteiger charge is 2.49. The zero-order chi connectivity index (χ0) is 25.2. The van der Waals surface area contributed by atoms with Crippen LogP contribution in [0, 0.1) is 6.92 Å². The number of carbonyl (C=O) groups is 3. The van der Waals surface area contributed by atoms with Crippen LogP contribution in [0.1, 0.15) is 27.5 Å². The van der Waals surface area contributed by atoms with Gasteiger partial charge in [0.2, 0.25) is 12.7 Å². The van der Waals surface area contributed by atoms with E-state index in [1.54, 1.807) is 35.2 Å². The van der Waals surface area contributed by atoms with Crippen LogP contribution in [0.3, 0.4) is 0 Å². The van der Waals surface area contributed by atoms with Crippen LogP contribution in [0.2, 0.25) is 0 Å². The number of rotatable bonds is 9. The van der Waals surface area contributed by atoms with E-state index in [-0.39, 0.29) is 30.3 Å². The van der Waals surface area contributed by atoms with Crippen molar-refractivity contribution in [1.82, 2.24) is 0 Å². The molecule has 3 aromatic carbocycles. The van der Waals surface area contributed by atoms with E-state index in [1.165, 1.54) is 11.8 Å². The van der Waals surface area contributed by atoms with Crippen molar-refractivity contribution in [3.05, 3.63) is 83.4 Å². The molecule has 5 rings (SSSR count). The summed E-state index contributed by atoms with van der Waals surface area (Å²) in [7, 11) is 0. The third-order valence-corrected chi connectivity index (χ3v) is 7.28. The topological polar surface area (TPSA) is 102 Å². The third kappa shape index (κ3) is 4.74. The second-order valence-corrected chi connectivity index (χ2v) is 9.59. The summed E-state index contributed by atoms with van der Waals surface area (Å²) in [4.78, 5) is 38.6. The van der Waals surface area contributed by atoms with Gasteiger partial charge in [-0.25, -0.2) is 4.79 Å². The zero-order valence-electron chi connectivity index (χ0n) is 19.4. The lowest BCUT2D eigenvalue weighted by Gasteiger charge is -2.47. The van der Waals surface area contributed by atoms with E-state index in [4.69, 9.17) is 19.3 Å². The van der Waals surface area contributed by atoms with Gasteiger partial charge in [0.05, 0.1) is 11.8 Å². The number of Topliss-reactive ketones (excluding diaryl/α,β-unsaturated/α-hetero) is 1. The third-order valence-electron chi connectivity index (χ3n) is 6.03. The lowest BCUT2D eigenvalue weighted by atomic mass is 9.92. The summed E-state index contributed by atoms with van der Waals surface area (Å²) < 4.78 is 15.9. The van der Waals surface area contributed by atoms with Crippen molar-refractivity contribution in [3.8, 4) is 17.2 Å². The Bertz CT molecular complexity index is 1310. The molecule has 36 heavy (non-hydrogen) atoms. The number of ether oxygens (including phenoxy) is 3. The van der Waals surface area contributed by atoms with Gasteiger partial charge in [-0.05, 0) is 55.0 Å². The number of hydrogen-bond donors (Lipinski definition) is 1. The average molecular weight is 506 g/mol. The number of hydrogen-bond acceptors (Lipinski definition) is 7. The molecule has 8 nitrogen and oxygen atoms in total. The van der Waals surface area contributed by atoms with Crippen molar-refractivity contribution < 1.29 is 33.7 Å². The van der Waals surface area contributed by atoms with E-state index in [0.29, 0.717) is 22.8 Å². The molecule has 2 heterocycles. The molecule has 1 fully saturated rings. The van der Waals surface area contributed by atoms with E-state index < -0.39 is 17.8 Å². The molecule has 0 radical (unpaired) electrons. The normalized spacial score (nSPS) is 18.0. The molecule has 0 bridgehead atoms. The van der Waals surface area contributed by atoms with Crippen molar-refractivity contribution in [2.45, 2.75) is 18.2 Å². The molecule has 2 atom stereocenters. The number of benzene rings is 3. The van der Waals surface area contributed by atoms with Crippen molar-refractivity contribution in [2.24, 2.45) is 0 Å². The Balaban J connectivity index is 1.34. The number of thioether (sulfide) groups is 1. The van der Waals surface area contributed by atoms with Crippen LogP contribution in [0.15, 0.2) is 66.7 Å². The van der Waals surface area contributed by atoms with E-state index in [0.717, 1.165) is 16.8 Å². The Kier molecular flexibility index (Phi) is 6.56. The maximum absolute atomic E-state index is 13.2. The summed E-state index contributed by atoms with van der Waals surface area (Å²) in [5.41, 5.74) is 3.24. The Hall–Kier alpha value is -3.98. The molecule has 2 aliphatic heterocycles. The number of fused-ring (bicyclic) bond motifs is 1. The predicted molar refractivity (Wildman–Crippen MR) is 134 cm³/mol. The van der Waals surface area contributed by atoms with E-state index in [1.807, 2.05) is 43.3 Å². The molecule has 9 heteroatoms. The second kappa shape index (κ2) is 9.94. The van der Waals surface area contributed by atoms with Crippen LogP contribution in [0.4, 0.5) is 5.69 Å². The highest BCUT2D eigenvalue weighted by Crippen LogP contribution is 2.45. The smallest absolute Gasteiger partial charge is 0.341 e. The van der Waals surface area contributed by atoms with Gasteiger partial charge in [0, 0.05) is 11.3 Å². The minimum Gasteiger partial charge on any atom is -0.482 e. The Morgan fingerprint density at radius 3 is 2.47 bits per heavy atom. The average Bonchev–Trinajstić information content (AvgIpc) is 3.35. The number of β-lactam (4-membered cyclic amide) rings is 1. The molecule has 0 saturated carbocycles. The lowest BCUT2D eigenvalue weighted by Crippen LogP contribution is -2.57. The van der Waals surface area contributed by atoms with E-state index >= 15 is 0 Å². The van der Waals surface area contributed by atoms with Gasteiger partial charge in [0.25, 0.3) is 0 Å². The summed E-state index contributed by atoms with van der Waals surface area (Å²) in [6, 6.07) is 19.5. The minimum absolute atomic E-state index is 0.0708. The quantitative estimate of drug-likeness (QED) is 0.340. The number of ketones is 1. The fourth-order valence-electron chi connectivity index (χ4n) is 4.17. The van der Waals surface area contributed by atoms with Crippen molar-refractivity contribution in [3.63, 3.8) is 0 Å². The number of aryl methyl sites for hydroxylation is 1. The van der Waals surface area contributed by atoms with Gasteiger partial charge in [-0.3, -0.25) is 9.59 Å². The van der Waals surface area contributed by atoms with E-state index in [9.17, 15) is 14.4 Å². The first kappa shape index (κ1) is 23.7. The first-order valence-corrected chi connectivity index (χ1v) is 12.3. The fraction of sp³-hybridized carbons (Fsp3) is 0.222. The molecule has 2 aliphatic rings.